The molecule has 3 aromatic rings. The number of methoxy groups -OCH3 is 1. The van der Waals surface area contributed by atoms with Crippen molar-refractivity contribution < 1.29 is 9.30 Å². The minimum atomic E-state index is -2.81. The van der Waals surface area contributed by atoms with Gasteiger partial charge in [0.25, 0.3) is 0 Å². The molecule has 2 aliphatic rings. The normalized spacial score (nSPS) is 17.3. The monoisotopic (exact) mass is 489 g/mol. The molecule has 5 rings (SSSR count). The van der Waals surface area contributed by atoms with Crippen molar-refractivity contribution in [3.63, 3.8) is 0 Å². The molecule has 1 saturated carbocycles. The van der Waals surface area contributed by atoms with Crippen molar-refractivity contribution in [3.05, 3.63) is 54.0 Å². The summed E-state index contributed by atoms with van der Waals surface area (Å²) in [6.07, 6.45) is 8.74. The summed E-state index contributed by atoms with van der Waals surface area (Å²) in [5.74, 6) is 5.07. The Labute approximate surface area is 204 Å². The third-order valence-electron chi connectivity index (χ3n) is 6.37. The van der Waals surface area contributed by atoms with Crippen molar-refractivity contribution in [2.75, 3.05) is 17.7 Å². The van der Waals surface area contributed by atoms with Crippen LogP contribution in [-0.4, -0.2) is 39.0 Å². The lowest BCUT2D eigenvalue weighted by Gasteiger charge is -2.22. The van der Waals surface area contributed by atoms with Gasteiger partial charge in [-0.05, 0) is 56.0 Å². The number of nitrogens with one attached hydrogen (secondary N) is 3. The maximum atomic E-state index is 13.6. The zero-order valence-electron chi connectivity index (χ0n) is 19.9. The van der Waals surface area contributed by atoms with Crippen LogP contribution in [0.5, 0.6) is 5.75 Å². The molecular weight excluding hydrogens is 461 g/mol. The standard InChI is InChI=1S/C25H28N7O2P/c1-4-16(2)28-24-22-17(14-26)15-27-23(22)30-25(31-24)29-20-8-7-19(13-21(20)34-3)35(33)11-9-32(10-12-35)18-5-6-18/h7-13,15-16,18H,4-6H2,1-3H3,(H3,27,28,29,30,31). The van der Waals surface area contributed by atoms with Gasteiger partial charge in [-0.3, -0.25) is 0 Å². The van der Waals surface area contributed by atoms with Gasteiger partial charge in [0, 0.05) is 36.0 Å². The molecule has 2 aromatic heterocycles. The minimum absolute atomic E-state index is 0.167. The van der Waals surface area contributed by atoms with Crippen molar-refractivity contribution in [1.29, 1.82) is 5.26 Å². The van der Waals surface area contributed by atoms with Crippen LogP contribution in [0.1, 0.15) is 38.7 Å². The first-order chi connectivity index (χ1) is 16.9. The summed E-state index contributed by atoms with van der Waals surface area (Å²) >= 11 is 0. The van der Waals surface area contributed by atoms with Crippen LogP contribution in [-0.2, 0) is 4.57 Å². The smallest absolute Gasteiger partial charge is 0.231 e. The van der Waals surface area contributed by atoms with Crippen molar-refractivity contribution >= 4 is 40.9 Å². The second-order valence-corrected chi connectivity index (χ2v) is 11.4. The van der Waals surface area contributed by atoms with Crippen molar-refractivity contribution in [2.24, 2.45) is 0 Å². The van der Waals surface area contributed by atoms with Crippen LogP contribution in [0.2, 0.25) is 0 Å². The van der Waals surface area contributed by atoms with Crippen LogP contribution in [0, 0.1) is 11.3 Å². The molecule has 10 heteroatoms. The van der Waals surface area contributed by atoms with Gasteiger partial charge < -0.3 is 29.8 Å². The summed E-state index contributed by atoms with van der Waals surface area (Å²) in [7, 11) is -1.23. The number of anilines is 3. The van der Waals surface area contributed by atoms with Gasteiger partial charge >= 0.3 is 0 Å². The summed E-state index contributed by atoms with van der Waals surface area (Å²) in [6.45, 7) is 4.14. The van der Waals surface area contributed by atoms with E-state index in [2.05, 4.69) is 50.4 Å². The number of nitriles is 1. The van der Waals surface area contributed by atoms with Crippen molar-refractivity contribution in [1.82, 2.24) is 19.9 Å². The summed E-state index contributed by atoms with van der Waals surface area (Å²) in [6, 6.07) is 8.36. The molecule has 1 atom stereocenters. The molecule has 0 bridgehead atoms. The number of aromatic nitrogens is 3. The summed E-state index contributed by atoms with van der Waals surface area (Å²) < 4.78 is 19.2. The predicted octanol–water partition coefficient (Wildman–Crippen LogP) is 5.20. The summed E-state index contributed by atoms with van der Waals surface area (Å²) in [5.41, 5.74) is 1.69. The van der Waals surface area contributed by atoms with Gasteiger partial charge in [-0.25, -0.2) is 0 Å². The molecule has 0 saturated heterocycles. The van der Waals surface area contributed by atoms with Gasteiger partial charge in [0.1, 0.15) is 23.3 Å². The van der Waals surface area contributed by atoms with Crippen LogP contribution in [0.15, 0.2) is 48.4 Å². The highest BCUT2D eigenvalue weighted by Crippen LogP contribution is 2.51. The molecule has 0 radical (unpaired) electrons. The fourth-order valence-electron chi connectivity index (χ4n) is 3.98. The lowest BCUT2D eigenvalue weighted by Crippen LogP contribution is -2.16. The number of nitrogens with zero attached hydrogens (tertiary/aromatic N) is 4. The largest absolute Gasteiger partial charge is 0.495 e. The highest BCUT2D eigenvalue weighted by molar-refractivity contribution is 7.77. The van der Waals surface area contributed by atoms with E-state index in [1.54, 1.807) is 31.0 Å². The number of benzene rings is 1. The summed E-state index contributed by atoms with van der Waals surface area (Å²) in [4.78, 5) is 14.4. The molecule has 1 aromatic carbocycles. The highest BCUT2D eigenvalue weighted by Gasteiger charge is 2.30. The van der Waals surface area contributed by atoms with E-state index in [-0.39, 0.29) is 6.04 Å². The number of hydrogen-bond donors (Lipinski definition) is 3. The number of aromatic amines is 1. The number of hydrogen-bond acceptors (Lipinski definition) is 8. The molecule has 1 aliphatic heterocycles. The first-order valence-corrected chi connectivity index (χ1v) is 13.6. The maximum absolute atomic E-state index is 13.6. The van der Waals surface area contributed by atoms with E-state index in [9.17, 15) is 9.83 Å². The molecule has 3 N–H and O–H groups in total. The Balaban J connectivity index is 1.45. The van der Waals surface area contributed by atoms with Crippen LogP contribution in [0.25, 0.3) is 11.0 Å². The zero-order valence-corrected chi connectivity index (χ0v) is 20.8. The first kappa shape index (κ1) is 23.0. The fraction of sp³-hybridized carbons (Fsp3) is 0.320. The van der Waals surface area contributed by atoms with Crippen LogP contribution < -0.4 is 20.7 Å². The average Bonchev–Trinajstić information content (AvgIpc) is 3.63. The molecule has 1 fully saturated rings. The molecule has 0 spiro atoms. The Morgan fingerprint density at radius 3 is 2.74 bits per heavy atom. The topological polar surface area (TPSA) is 119 Å². The van der Waals surface area contributed by atoms with Gasteiger partial charge in [-0.2, -0.15) is 15.2 Å². The van der Waals surface area contributed by atoms with Crippen LogP contribution >= 0.6 is 7.14 Å². The minimum Gasteiger partial charge on any atom is -0.495 e. The Bertz CT molecular complexity index is 1400. The molecule has 1 aliphatic carbocycles. The quantitative estimate of drug-likeness (QED) is 0.370. The third kappa shape index (κ3) is 4.50. The van der Waals surface area contributed by atoms with E-state index in [1.165, 1.54) is 12.8 Å². The lowest BCUT2D eigenvalue weighted by atomic mass is 10.2. The van der Waals surface area contributed by atoms with Crippen LogP contribution in [0.3, 0.4) is 0 Å². The number of ether oxygens (including phenoxy) is 1. The Kier molecular flexibility index (Phi) is 6.00. The maximum Gasteiger partial charge on any atom is 0.231 e. The van der Waals surface area contributed by atoms with Gasteiger partial charge in [-0.1, -0.05) is 6.92 Å². The zero-order chi connectivity index (χ0) is 24.6. The second kappa shape index (κ2) is 9.12. The lowest BCUT2D eigenvalue weighted by molar-refractivity contribution is 0.417. The SMILES string of the molecule is CCC(C)Nc1nc(Nc2ccc(P3(=O)C=CN(C4CC4)C=C3)cc2OC)nc2[nH]cc(C#N)c12. The molecule has 180 valence electrons. The predicted molar refractivity (Wildman–Crippen MR) is 139 cm³/mol. The van der Waals surface area contributed by atoms with Gasteiger partial charge in [0.2, 0.25) is 5.95 Å². The van der Waals surface area contributed by atoms with E-state index in [4.69, 9.17) is 4.74 Å². The first-order valence-electron chi connectivity index (χ1n) is 11.7. The van der Waals surface area contributed by atoms with Gasteiger partial charge in [0.15, 0.2) is 7.14 Å². The van der Waals surface area contributed by atoms with Gasteiger partial charge in [0.05, 0.1) is 23.7 Å². The summed E-state index contributed by atoms with van der Waals surface area (Å²) in [5, 5.41) is 17.4. The molecule has 35 heavy (non-hydrogen) atoms. The Morgan fingerprint density at radius 2 is 2.09 bits per heavy atom. The number of rotatable bonds is 8. The fourth-order valence-corrected chi connectivity index (χ4v) is 5.75. The van der Waals surface area contributed by atoms with E-state index < -0.39 is 7.14 Å². The van der Waals surface area contributed by atoms with Gasteiger partial charge in [-0.15, -0.1) is 0 Å². The Hall–Kier alpha value is -3.76. The highest BCUT2D eigenvalue weighted by atomic mass is 31.2. The van der Waals surface area contributed by atoms with E-state index in [0.717, 1.165) is 6.42 Å². The molecule has 1 unspecified atom stereocenters. The Morgan fingerprint density at radius 1 is 1.31 bits per heavy atom. The van der Waals surface area contributed by atoms with E-state index >= 15 is 0 Å². The van der Waals surface area contributed by atoms with Crippen molar-refractivity contribution in [2.45, 2.75) is 45.2 Å². The van der Waals surface area contributed by atoms with E-state index in [1.807, 2.05) is 24.5 Å². The average molecular weight is 490 g/mol. The van der Waals surface area contributed by atoms with E-state index in [0.29, 0.717) is 51.1 Å². The number of fused-ring (bicyclic) bond motifs is 1. The second-order valence-electron chi connectivity index (χ2n) is 8.88. The number of H-pyrrole nitrogens is 1. The molecular formula is C25H28N7O2P. The van der Waals surface area contributed by atoms with Crippen LogP contribution in [0.4, 0.5) is 17.5 Å². The molecule has 0 amide bonds. The third-order valence-corrected chi connectivity index (χ3v) is 8.61. The molecule has 3 heterocycles. The molecule has 9 nitrogen and oxygen atoms in total. The van der Waals surface area contributed by atoms with Crippen molar-refractivity contribution in [3.8, 4) is 11.8 Å².